The highest BCUT2D eigenvalue weighted by Crippen LogP contribution is 2.26. The number of thiophene rings is 1. The first-order chi connectivity index (χ1) is 6.77. The molecule has 1 aromatic heterocycles. The predicted molar refractivity (Wildman–Crippen MR) is 61.5 cm³/mol. The summed E-state index contributed by atoms with van der Waals surface area (Å²) in [6.07, 6.45) is 3.48. The van der Waals surface area contributed by atoms with Gasteiger partial charge in [0.25, 0.3) is 0 Å². The van der Waals surface area contributed by atoms with Crippen LogP contribution in [0, 0.1) is 0 Å². The Labute approximate surface area is 86.7 Å². The van der Waals surface area contributed by atoms with Crippen molar-refractivity contribution in [2.45, 2.75) is 6.92 Å². The number of hydrogen-bond donors (Lipinski definition) is 0. The molecule has 2 rings (SSSR count). The maximum absolute atomic E-state index is 10.8. The second-order valence-corrected chi connectivity index (χ2v) is 4.04. The van der Waals surface area contributed by atoms with Crippen molar-refractivity contribution >= 4 is 33.3 Å². The van der Waals surface area contributed by atoms with Crippen LogP contribution in [-0.4, -0.2) is 5.78 Å². The zero-order valence-corrected chi connectivity index (χ0v) is 8.67. The zero-order chi connectivity index (χ0) is 9.97. The van der Waals surface area contributed by atoms with Crippen LogP contribution in [0.15, 0.2) is 35.7 Å². The molecule has 0 amide bonds. The van der Waals surface area contributed by atoms with Gasteiger partial charge in [0.1, 0.15) is 0 Å². The molecule has 14 heavy (non-hydrogen) atoms. The van der Waals surface area contributed by atoms with Crippen LogP contribution in [0.1, 0.15) is 12.5 Å². The van der Waals surface area contributed by atoms with Gasteiger partial charge in [-0.15, -0.1) is 11.3 Å². The Balaban J connectivity index is 2.48. The third-order valence-corrected chi connectivity index (χ3v) is 2.99. The predicted octanol–water partition coefficient (Wildman–Crippen LogP) is 3.50. The Morgan fingerprint density at radius 2 is 2.14 bits per heavy atom. The second kappa shape index (κ2) is 3.76. The van der Waals surface area contributed by atoms with Crippen LogP contribution >= 0.6 is 11.3 Å². The minimum absolute atomic E-state index is 0.0836. The quantitative estimate of drug-likeness (QED) is 0.681. The van der Waals surface area contributed by atoms with E-state index in [1.165, 1.54) is 10.1 Å². The standard InChI is InChI=1S/C12H10OS/c1-9(13)6-7-10-8-14-12-5-3-2-4-11(10)12/h2-8H,1H3. The molecule has 1 heterocycles. The molecule has 70 valence electrons. The third-order valence-electron chi connectivity index (χ3n) is 2.01. The Bertz CT molecular complexity index is 494. The SMILES string of the molecule is CC(=O)C=Cc1csc2ccccc12. The number of ketones is 1. The van der Waals surface area contributed by atoms with E-state index in [1.807, 2.05) is 18.2 Å². The molecule has 0 radical (unpaired) electrons. The van der Waals surface area contributed by atoms with Gasteiger partial charge in [0.15, 0.2) is 5.78 Å². The summed E-state index contributed by atoms with van der Waals surface area (Å²) in [5.74, 6) is 0.0836. The monoisotopic (exact) mass is 202 g/mol. The van der Waals surface area contributed by atoms with Crippen LogP contribution in [0.4, 0.5) is 0 Å². The molecule has 0 fully saturated rings. The van der Waals surface area contributed by atoms with Gasteiger partial charge < -0.3 is 0 Å². The summed E-state index contributed by atoms with van der Waals surface area (Å²) in [7, 11) is 0. The number of benzene rings is 1. The van der Waals surface area contributed by atoms with Crippen molar-refractivity contribution < 1.29 is 4.79 Å². The molecule has 0 aliphatic heterocycles. The summed E-state index contributed by atoms with van der Waals surface area (Å²) < 4.78 is 1.26. The second-order valence-electron chi connectivity index (χ2n) is 3.13. The molecule has 0 N–H and O–H groups in total. The van der Waals surface area contributed by atoms with Crippen LogP contribution in [-0.2, 0) is 4.79 Å². The molecular weight excluding hydrogens is 192 g/mol. The van der Waals surface area contributed by atoms with E-state index in [0.717, 1.165) is 5.56 Å². The summed E-state index contributed by atoms with van der Waals surface area (Å²) in [6.45, 7) is 1.56. The summed E-state index contributed by atoms with van der Waals surface area (Å²) >= 11 is 1.70. The fraction of sp³-hybridized carbons (Fsp3) is 0.0833. The summed E-state index contributed by atoms with van der Waals surface area (Å²) in [5.41, 5.74) is 1.13. The highest BCUT2D eigenvalue weighted by molar-refractivity contribution is 7.17. The molecule has 0 saturated heterocycles. The van der Waals surface area contributed by atoms with Crippen LogP contribution in [0.3, 0.4) is 0 Å². The maximum Gasteiger partial charge on any atom is 0.152 e. The van der Waals surface area contributed by atoms with Gasteiger partial charge in [-0.05, 0) is 35.4 Å². The molecule has 1 nitrogen and oxygen atoms in total. The van der Waals surface area contributed by atoms with Gasteiger partial charge in [0.05, 0.1) is 0 Å². The molecule has 0 atom stereocenters. The van der Waals surface area contributed by atoms with Crippen LogP contribution < -0.4 is 0 Å². The van der Waals surface area contributed by atoms with Crippen molar-refractivity contribution in [3.8, 4) is 0 Å². The lowest BCUT2D eigenvalue weighted by Crippen LogP contribution is -1.78. The Morgan fingerprint density at radius 3 is 2.93 bits per heavy atom. The van der Waals surface area contributed by atoms with Crippen molar-refractivity contribution in [3.05, 3.63) is 41.3 Å². The Morgan fingerprint density at radius 1 is 1.36 bits per heavy atom. The van der Waals surface area contributed by atoms with Crippen molar-refractivity contribution in [2.75, 3.05) is 0 Å². The topological polar surface area (TPSA) is 17.1 Å². The number of fused-ring (bicyclic) bond motifs is 1. The van der Waals surface area contributed by atoms with Gasteiger partial charge in [-0.25, -0.2) is 0 Å². The van der Waals surface area contributed by atoms with Gasteiger partial charge in [0, 0.05) is 4.70 Å². The van der Waals surface area contributed by atoms with Crippen molar-refractivity contribution in [2.24, 2.45) is 0 Å². The van der Waals surface area contributed by atoms with Crippen molar-refractivity contribution in [1.29, 1.82) is 0 Å². The number of rotatable bonds is 2. The average molecular weight is 202 g/mol. The molecule has 0 spiro atoms. The molecular formula is C12H10OS. The third kappa shape index (κ3) is 1.75. The lowest BCUT2D eigenvalue weighted by molar-refractivity contribution is -0.112. The van der Waals surface area contributed by atoms with Crippen LogP contribution in [0.2, 0.25) is 0 Å². The van der Waals surface area contributed by atoms with E-state index >= 15 is 0 Å². The Hall–Kier alpha value is -1.41. The minimum atomic E-state index is 0.0836. The largest absolute Gasteiger partial charge is 0.295 e. The van der Waals surface area contributed by atoms with Gasteiger partial charge in [-0.2, -0.15) is 0 Å². The van der Waals surface area contributed by atoms with Gasteiger partial charge in [0.2, 0.25) is 0 Å². The van der Waals surface area contributed by atoms with Gasteiger partial charge >= 0.3 is 0 Å². The van der Waals surface area contributed by atoms with E-state index in [0.29, 0.717) is 0 Å². The molecule has 1 aromatic carbocycles. The lowest BCUT2D eigenvalue weighted by Gasteiger charge is -1.89. The van der Waals surface area contributed by atoms with E-state index in [2.05, 4.69) is 17.5 Å². The van der Waals surface area contributed by atoms with E-state index in [-0.39, 0.29) is 5.78 Å². The fourth-order valence-electron chi connectivity index (χ4n) is 1.33. The van der Waals surface area contributed by atoms with E-state index in [1.54, 1.807) is 24.3 Å². The fourth-order valence-corrected chi connectivity index (χ4v) is 2.26. The molecule has 0 bridgehead atoms. The van der Waals surface area contributed by atoms with Crippen molar-refractivity contribution in [3.63, 3.8) is 0 Å². The van der Waals surface area contributed by atoms with Gasteiger partial charge in [-0.1, -0.05) is 24.3 Å². The molecule has 0 aliphatic carbocycles. The molecule has 2 aromatic rings. The number of hydrogen-bond acceptors (Lipinski definition) is 2. The lowest BCUT2D eigenvalue weighted by atomic mass is 10.1. The summed E-state index contributed by atoms with van der Waals surface area (Å²) in [5, 5.41) is 3.29. The summed E-state index contributed by atoms with van der Waals surface area (Å²) in [6, 6.07) is 8.20. The van der Waals surface area contributed by atoms with Crippen LogP contribution in [0.5, 0.6) is 0 Å². The van der Waals surface area contributed by atoms with Crippen LogP contribution in [0.25, 0.3) is 16.2 Å². The Kier molecular flexibility index (Phi) is 2.46. The zero-order valence-electron chi connectivity index (χ0n) is 7.86. The first-order valence-electron chi connectivity index (χ1n) is 4.42. The molecule has 0 saturated carbocycles. The van der Waals surface area contributed by atoms with Crippen molar-refractivity contribution in [1.82, 2.24) is 0 Å². The molecule has 0 aliphatic rings. The number of carbonyl (C=O) groups is 1. The average Bonchev–Trinajstić information content (AvgIpc) is 2.58. The first kappa shape index (κ1) is 9.16. The number of allylic oxidation sites excluding steroid dienone is 1. The molecule has 2 heteroatoms. The highest BCUT2D eigenvalue weighted by atomic mass is 32.1. The van der Waals surface area contributed by atoms with Gasteiger partial charge in [-0.3, -0.25) is 4.79 Å². The maximum atomic E-state index is 10.8. The highest BCUT2D eigenvalue weighted by Gasteiger charge is 1.99. The van der Waals surface area contributed by atoms with E-state index in [4.69, 9.17) is 0 Å². The van der Waals surface area contributed by atoms with E-state index < -0.39 is 0 Å². The molecule has 0 unspecified atom stereocenters. The first-order valence-corrected chi connectivity index (χ1v) is 5.30. The normalized spacial score (nSPS) is 11.2. The number of carbonyl (C=O) groups excluding carboxylic acids is 1. The van der Waals surface area contributed by atoms with E-state index in [9.17, 15) is 4.79 Å². The minimum Gasteiger partial charge on any atom is -0.295 e. The smallest absolute Gasteiger partial charge is 0.152 e. The summed E-state index contributed by atoms with van der Waals surface area (Å²) in [4.78, 5) is 10.8.